The van der Waals surface area contributed by atoms with Gasteiger partial charge in [-0.1, -0.05) is 0 Å². The van der Waals surface area contributed by atoms with Crippen LogP contribution in [-0.4, -0.2) is 20.3 Å². The van der Waals surface area contributed by atoms with Crippen molar-refractivity contribution in [2.24, 2.45) is 0 Å². The summed E-state index contributed by atoms with van der Waals surface area (Å²) in [7, 11) is 0. The van der Waals surface area contributed by atoms with Crippen molar-refractivity contribution in [2.75, 3.05) is 0 Å². The summed E-state index contributed by atoms with van der Waals surface area (Å²) in [5.74, 6) is -0.0361. The van der Waals surface area contributed by atoms with Gasteiger partial charge in [0.05, 0.1) is 22.2 Å². The van der Waals surface area contributed by atoms with Gasteiger partial charge in [0, 0.05) is 25.1 Å². The molecule has 0 unspecified atom stereocenters. The Balaban J connectivity index is 2.52. The number of non-ortho nitro benzene ring substituents is 1. The number of nitro groups is 1. The standard InChI is InChI=1S/C12H11N3O4/c1-8(16)4-5-14-7-13-11-3-2-9(15(18)19)6-10(11)12(14)17/h2-3,6-7H,4-5H2,1H3. The first-order chi connectivity index (χ1) is 8.99. The third-order valence-corrected chi connectivity index (χ3v) is 2.72. The highest BCUT2D eigenvalue weighted by Gasteiger charge is 2.10. The fourth-order valence-corrected chi connectivity index (χ4v) is 1.70. The Labute approximate surface area is 107 Å². The number of hydrogen-bond acceptors (Lipinski definition) is 5. The maximum Gasteiger partial charge on any atom is 0.270 e. The maximum atomic E-state index is 12.1. The van der Waals surface area contributed by atoms with Gasteiger partial charge in [0.2, 0.25) is 0 Å². The van der Waals surface area contributed by atoms with Crippen molar-refractivity contribution in [3.63, 3.8) is 0 Å². The lowest BCUT2D eigenvalue weighted by atomic mass is 10.2. The van der Waals surface area contributed by atoms with Gasteiger partial charge in [-0.2, -0.15) is 0 Å². The lowest BCUT2D eigenvalue weighted by Gasteiger charge is -2.04. The average molecular weight is 261 g/mol. The summed E-state index contributed by atoms with van der Waals surface area (Å²) in [6.07, 6.45) is 1.57. The van der Waals surface area contributed by atoms with Crippen molar-refractivity contribution in [2.45, 2.75) is 19.9 Å². The molecule has 0 saturated carbocycles. The van der Waals surface area contributed by atoms with E-state index in [2.05, 4.69) is 4.98 Å². The Kier molecular flexibility index (Phi) is 3.37. The minimum atomic E-state index is -0.564. The Bertz CT molecular complexity index is 720. The number of benzene rings is 1. The molecule has 0 N–H and O–H groups in total. The van der Waals surface area contributed by atoms with Crippen molar-refractivity contribution in [1.82, 2.24) is 9.55 Å². The minimum Gasteiger partial charge on any atom is -0.300 e. The second-order valence-corrected chi connectivity index (χ2v) is 4.15. The first-order valence-corrected chi connectivity index (χ1v) is 5.62. The van der Waals surface area contributed by atoms with Crippen LogP contribution in [-0.2, 0) is 11.3 Å². The van der Waals surface area contributed by atoms with E-state index in [0.717, 1.165) is 0 Å². The van der Waals surface area contributed by atoms with Gasteiger partial charge in [0.25, 0.3) is 11.2 Å². The predicted octanol–water partition coefficient (Wildman–Crippen LogP) is 1.28. The number of nitro benzene ring substituents is 1. The first kappa shape index (κ1) is 12.9. The largest absolute Gasteiger partial charge is 0.300 e. The number of aryl methyl sites for hydroxylation is 1. The van der Waals surface area contributed by atoms with Crippen LogP contribution in [0.2, 0.25) is 0 Å². The molecule has 2 aromatic rings. The van der Waals surface area contributed by atoms with Crippen molar-refractivity contribution >= 4 is 22.4 Å². The topological polar surface area (TPSA) is 95.1 Å². The SMILES string of the molecule is CC(=O)CCn1cnc2ccc([N+](=O)[O-])cc2c1=O. The van der Waals surface area contributed by atoms with Crippen LogP contribution in [0.25, 0.3) is 10.9 Å². The minimum absolute atomic E-state index is 0.0361. The molecule has 0 bridgehead atoms. The molecule has 0 atom stereocenters. The van der Waals surface area contributed by atoms with E-state index in [1.165, 1.54) is 36.0 Å². The Morgan fingerprint density at radius 3 is 2.84 bits per heavy atom. The predicted molar refractivity (Wildman–Crippen MR) is 68.0 cm³/mol. The van der Waals surface area contributed by atoms with Crippen LogP contribution < -0.4 is 5.56 Å². The number of rotatable bonds is 4. The van der Waals surface area contributed by atoms with Gasteiger partial charge in [-0.15, -0.1) is 0 Å². The first-order valence-electron chi connectivity index (χ1n) is 5.62. The van der Waals surface area contributed by atoms with E-state index < -0.39 is 4.92 Å². The van der Waals surface area contributed by atoms with Crippen LogP contribution in [0.5, 0.6) is 0 Å². The Morgan fingerprint density at radius 2 is 2.21 bits per heavy atom. The third kappa shape index (κ3) is 2.65. The molecule has 7 heteroatoms. The summed E-state index contributed by atoms with van der Waals surface area (Å²) in [5, 5.41) is 10.9. The number of fused-ring (bicyclic) bond motifs is 1. The fourth-order valence-electron chi connectivity index (χ4n) is 1.70. The second-order valence-electron chi connectivity index (χ2n) is 4.15. The Morgan fingerprint density at radius 1 is 1.47 bits per heavy atom. The molecule has 98 valence electrons. The van der Waals surface area contributed by atoms with Gasteiger partial charge in [-0.3, -0.25) is 24.3 Å². The van der Waals surface area contributed by atoms with Crippen molar-refractivity contribution < 1.29 is 9.72 Å². The fraction of sp³-hybridized carbons (Fsp3) is 0.250. The van der Waals surface area contributed by atoms with Gasteiger partial charge in [-0.05, 0) is 13.0 Å². The summed E-state index contributed by atoms with van der Waals surface area (Å²) >= 11 is 0. The van der Waals surface area contributed by atoms with Crippen LogP contribution in [0.15, 0.2) is 29.3 Å². The van der Waals surface area contributed by atoms with E-state index in [0.29, 0.717) is 5.52 Å². The van der Waals surface area contributed by atoms with E-state index >= 15 is 0 Å². The maximum absolute atomic E-state index is 12.1. The van der Waals surface area contributed by atoms with E-state index in [9.17, 15) is 19.7 Å². The van der Waals surface area contributed by atoms with Crippen molar-refractivity contribution in [3.8, 4) is 0 Å². The number of carbonyl (C=O) groups excluding carboxylic acids is 1. The summed E-state index contributed by atoms with van der Waals surface area (Å²) in [5.41, 5.74) is -0.139. The summed E-state index contributed by atoms with van der Waals surface area (Å²) < 4.78 is 1.29. The van der Waals surface area contributed by atoms with Gasteiger partial charge >= 0.3 is 0 Å². The molecule has 1 aromatic heterocycles. The van der Waals surface area contributed by atoms with E-state index in [-0.39, 0.29) is 35.4 Å². The molecule has 2 rings (SSSR count). The highest BCUT2D eigenvalue weighted by Crippen LogP contribution is 2.16. The quantitative estimate of drug-likeness (QED) is 0.610. The van der Waals surface area contributed by atoms with Crippen molar-refractivity contribution in [1.29, 1.82) is 0 Å². The lowest BCUT2D eigenvalue weighted by Crippen LogP contribution is -2.21. The highest BCUT2D eigenvalue weighted by molar-refractivity contribution is 5.80. The van der Waals surface area contributed by atoms with Crippen molar-refractivity contribution in [3.05, 3.63) is 45.0 Å². The number of Topliss-reactive ketones (excluding diaryl/α,β-unsaturated/α-hetero) is 1. The lowest BCUT2D eigenvalue weighted by molar-refractivity contribution is -0.384. The number of carbonyl (C=O) groups is 1. The number of ketones is 1. The van der Waals surface area contributed by atoms with Crippen LogP contribution in [0.3, 0.4) is 0 Å². The molecule has 19 heavy (non-hydrogen) atoms. The van der Waals surface area contributed by atoms with Gasteiger partial charge < -0.3 is 0 Å². The molecule has 1 heterocycles. The highest BCUT2D eigenvalue weighted by atomic mass is 16.6. The molecule has 7 nitrogen and oxygen atoms in total. The molecule has 0 aliphatic rings. The zero-order chi connectivity index (χ0) is 14.0. The van der Waals surface area contributed by atoms with Gasteiger partial charge in [0.1, 0.15) is 5.78 Å². The van der Waals surface area contributed by atoms with E-state index in [1.807, 2.05) is 0 Å². The van der Waals surface area contributed by atoms with Crippen LogP contribution in [0, 0.1) is 10.1 Å². The Hall–Kier alpha value is -2.57. The smallest absolute Gasteiger partial charge is 0.270 e. The molecule has 0 aliphatic carbocycles. The molecule has 0 spiro atoms. The summed E-state index contributed by atoms with van der Waals surface area (Å²) in [6, 6.07) is 3.94. The number of aromatic nitrogens is 2. The molecule has 0 fully saturated rings. The molecule has 0 radical (unpaired) electrons. The summed E-state index contributed by atoms with van der Waals surface area (Å²) in [6.45, 7) is 1.66. The molecular weight excluding hydrogens is 250 g/mol. The molecular formula is C12H11N3O4. The second kappa shape index (κ2) is 4.97. The summed E-state index contributed by atoms with van der Waals surface area (Å²) in [4.78, 5) is 37.2. The zero-order valence-electron chi connectivity index (χ0n) is 10.2. The number of hydrogen-bond donors (Lipinski definition) is 0. The molecule has 0 saturated heterocycles. The number of nitrogens with zero attached hydrogens (tertiary/aromatic N) is 3. The third-order valence-electron chi connectivity index (χ3n) is 2.72. The van der Waals surface area contributed by atoms with Crippen LogP contribution in [0.4, 0.5) is 5.69 Å². The zero-order valence-corrected chi connectivity index (χ0v) is 10.2. The van der Waals surface area contributed by atoms with Gasteiger partial charge in [0.15, 0.2) is 0 Å². The van der Waals surface area contributed by atoms with Crippen LogP contribution >= 0.6 is 0 Å². The molecule has 1 aromatic carbocycles. The molecule has 0 aliphatic heterocycles. The van der Waals surface area contributed by atoms with Crippen LogP contribution in [0.1, 0.15) is 13.3 Å². The van der Waals surface area contributed by atoms with Gasteiger partial charge in [-0.25, -0.2) is 4.98 Å². The van der Waals surface area contributed by atoms with E-state index in [1.54, 1.807) is 0 Å². The average Bonchev–Trinajstić information content (AvgIpc) is 2.37. The molecule has 0 amide bonds. The monoisotopic (exact) mass is 261 g/mol. The van der Waals surface area contributed by atoms with E-state index in [4.69, 9.17) is 0 Å². The normalized spacial score (nSPS) is 10.6.